The van der Waals surface area contributed by atoms with Gasteiger partial charge in [-0.2, -0.15) is 5.26 Å². The van der Waals surface area contributed by atoms with E-state index in [4.69, 9.17) is 4.98 Å². The van der Waals surface area contributed by atoms with Gasteiger partial charge in [-0.05, 0) is 55.6 Å². The van der Waals surface area contributed by atoms with Gasteiger partial charge < -0.3 is 5.32 Å². The SMILES string of the molecule is CCCNc1nc2c(cc1C#N)CC1(CCCC1)CC2. The van der Waals surface area contributed by atoms with Gasteiger partial charge in [0.2, 0.25) is 0 Å². The van der Waals surface area contributed by atoms with Crippen LogP contribution in [0.4, 0.5) is 5.82 Å². The summed E-state index contributed by atoms with van der Waals surface area (Å²) in [6.45, 7) is 3.01. The van der Waals surface area contributed by atoms with Crippen molar-refractivity contribution < 1.29 is 0 Å². The first-order valence-electron chi connectivity index (χ1n) is 7.93. The zero-order valence-corrected chi connectivity index (χ0v) is 12.3. The van der Waals surface area contributed by atoms with Crippen molar-refractivity contribution in [1.29, 1.82) is 5.26 Å². The highest BCUT2D eigenvalue weighted by Crippen LogP contribution is 2.47. The zero-order chi connectivity index (χ0) is 14.0. The Labute approximate surface area is 121 Å². The van der Waals surface area contributed by atoms with E-state index in [1.54, 1.807) is 0 Å². The molecule has 2 aliphatic rings. The molecule has 0 bridgehead atoms. The quantitative estimate of drug-likeness (QED) is 0.907. The summed E-state index contributed by atoms with van der Waals surface area (Å²) in [5, 5.41) is 12.6. The van der Waals surface area contributed by atoms with Crippen molar-refractivity contribution in [3.8, 4) is 6.07 Å². The first-order chi connectivity index (χ1) is 9.76. The number of aryl methyl sites for hydroxylation is 1. The molecule has 1 aromatic rings. The fourth-order valence-corrected chi connectivity index (χ4v) is 3.85. The summed E-state index contributed by atoms with van der Waals surface area (Å²) in [4.78, 5) is 4.74. The number of hydrogen-bond donors (Lipinski definition) is 1. The predicted molar refractivity (Wildman–Crippen MR) is 80.7 cm³/mol. The molecule has 1 spiro atoms. The molecular formula is C17H23N3. The Hall–Kier alpha value is -1.56. The van der Waals surface area contributed by atoms with E-state index in [2.05, 4.69) is 24.4 Å². The topological polar surface area (TPSA) is 48.7 Å². The minimum absolute atomic E-state index is 0.528. The van der Waals surface area contributed by atoms with Gasteiger partial charge in [0.25, 0.3) is 0 Å². The van der Waals surface area contributed by atoms with Gasteiger partial charge in [0.15, 0.2) is 0 Å². The van der Waals surface area contributed by atoms with Gasteiger partial charge in [0.1, 0.15) is 11.9 Å². The summed E-state index contributed by atoms with van der Waals surface area (Å²) in [7, 11) is 0. The second-order valence-corrected chi connectivity index (χ2v) is 6.41. The van der Waals surface area contributed by atoms with Crippen LogP contribution < -0.4 is 5.32 Å². The van der Waals surface area contributed by atoms with Crippen LogP contribution in [0.3, 0.4) is 0 Å². The molecular weight excluding hydrogens is 246 g/mol. The van der Waals surface area contributed by atoms with Crippen LogP contribution >= 0.6 is 0 Å². The third kappa shape index (κ3) is 2.40. The Kier molecular flexibility index (Phi) is 3.65. The van der Waals surface area contributed by atoms with Crippen molar-refractivity contribution in [2.75, 3.05) is 11.9 Å². The molecule has 106 valence electrons. The highest BCUT2D eigenvalue weighted by atomic mass is 15.0. The Morgan fingerprint density at radius 3 is 2.85 bits per heavy atom. The summed E-state index contributed by atoms with van der Waals surface area (Å²) in [6.07, 6.45) is 10.0. The molecule has 1 saturated carbocycles. The lowest BCUT2D eigenvalue weighted by Crippen LogP contribution is -2.27. The van der Waals surface area contributed by atoms with Crippen molar-refractivity contribution in [3.63, 3.8) is 0 Å². The minimum Gasteiger partial charge on any atom is -0.369 e. The lowest BCUT2D eigenvalue weighted by Gasteiger charge is -2.34. The van der Waals surface area contributed by atoms with Gasteiger partial charge in [0.05, 0.1) is 5.56 Å². The van der Waals surface area contributed by atoms with E-state index < -0.39 is 0 Å². The lowest BCUT2D eigenvalue weighted by molar-refractivity contribution is 0.253. The second kappa shape index (κ2) is 5.44. The number of aromatic nitrogens is 1. The van der Waals surface area contributed by atoms with Crippen LogP contribution in [-0.2, 0) is 12.8 Å². The maximum atomic E-state index is 9.35. The average Bonchev–Trinajstić information content (AvgIpc) is 2.92. The number of fused-ring (bicyclic) bond motifs is 1. The van der Waals surface area contributed by atoms with E-state index in [1.165, 1.54) is 43.4 Å². The van der Waals surface area contributed by atoms with E-state index in [-0.39, 0.29) is 0 Å². The Bertz CT molecular complexity index is 536. The first kappa shape index (κ1) is 13.4. The molecule has 0 aromatic carbocycles. The molecule has 1 N–H and O–H groups in total. The number of nitrogens with zero attached hydrogens (tertiary/aromatic N) is 2. The molecule has 0 amide bonds. The molecule has 2 aliphatic carbocycles. The second-order valence-electron chi connectivity index (χ2n) is 6.41. The summed E-state index contributed by atoms with van der Waals surface area (Å²) < 4.78 is 0. The lowest BCUT2D eigenvalue weighted by atomic mass is 9.71. The van der Waals surface area contributed by atoms with Crippen LogP contribution in [0.2, 0.25) is 0 Å². The Balaban J connectivity index is 1.89. The van der Waals surface area contributed by atoms with Crippen LogP contribution in [0.25, 0.3) is 0 Å². The van der Waals surface area contributed by atoms with E-state index in [0.717, 1.165) is 31.6 Å². The summed E-state index contributed by atoms with van der Waals surface area (Å²) >= 11 is 0. The van der Waals surface area contributed by atoms with Crippen molar-refractivity contribution >= 4 is 5.82 Å². The number of rotatable bonds is 3. The Morgan fingerprint density at radius 1 is 1.35 bits per heavy atom. The molecule has 20 heavy (non-hydrogen) atoms. The van der Waals surface area contributed by atoms with Gasteiger partial charge in [-0.1, -0.05) is 19.8 Å². The highest BCUT2D eigenvalue weighted by molar-refractivity contribution is 5.54. The van der Waals surface area contributed by atoms with Crippen molar-refractivity contribution in [2.45, 2.75) is 58.3 Å². The average molecular weight is 269 g/mol. The van der Waals surface area contributed by atoms with Crippen molar-refractivity contribution in [3.05, 3.63) is 22.9 Å². The Morgan fingerprint density at radius 2 is 2.15 bits per heavy atom. The van der Waals surface area contributed by atoms with Crippen LogP contribution in [-0.4, -0.2) is 11.5 Å². The zero-order valence-electron chi connectivity index (χ0n) is 12.3. The fourth-order valence-electron chi connectivity index (χ4n) is 3.85. The number of anilines is 1. The van der Waals surface area contributed by atoms with Crippen molar-refractivity contribution in [2.24, 2.45) is 5.41 Å². The molecule has 1 aromatic heterocycles. The van der Waals surface area contributed by atoms with Gasteiger partial charge >= 0.3 is 0 Å². The van der Waals surface area contributed by atoms with Crippen LogP contribution in [0, 0.1) is 16.7 Å². The van der Waals surface area contributed by atoms with Crippen LogP contribution in [0.5, 0.6) is 0 Å². The maximum Gasteiger partial charge on any atom is 0.144 e. The number of nitrogens with one attached hydrogen (secondary N) is 1. The van der Waals surface area contributed by atoms with Gasteiger partial charge in [-0.15, -0.1) is 0 Å². The summed E-state index contributed by atoms with van der Waals surface area (Å²) in [5.41, 5.74) is 3.80. The highest BCUT2D eigenvalue weighted by Gasteiger charge is 2.37. The number of pyridine rings is 1. The van der Waals surface area contributed by atoms with Gasteiger partial charge in [-0.25, -0.2) is 4.98 Å². The molecule has 3 nitrogen and oxygen atoms in total. The number of nitriles is 1. The van der Waals surface area contributed by atoms with Crippen LogP contribution in [0.15, 0.2) is 6.07 Å². The predicted octanol–water partition coefficient (Wildman–Crippen LogP) is 3.82. The third-order valence-corrected chi connectivity index (χ3v) is 4.98. The van der Waals surface area contributed by atoms with Gasteiger partial charge in [-0.3, -0.25) is 0 Å². The smallest absolute Gasteiger partial charge is 0.144 e. The molecule has 3 heteroatoms. The number of hydrogen-bond acceptors (Lipinski definition) is 3. The molecule has 0 atom stereocenters. The fraction of sp³-hybridized carbons (Fsp3) is 0.647. The normalized spacial score (nSPS) is 19.6. The molecule has 3 rings (SSSR count). The van der Waals surface area contributed by atoms with E-state index >= 15 is 0 Å². The monoisotopic (exact) mass is 269 g/mol. The molecule has 0 saturated heterocycles. The maximum absolute atomic E-state index is 9.35. The van der Waals surface area contributed by atoms with E-state index in [0.29, 0.717) is 11.0 Å². The van der Waals surface area contributed by atoms with Crippen molar-refractivity contribution in [1.82, 2.24) is 4.98 Å². The van der Waals surface area contributed by atoms with Gasteiger partial charge in [0, 0.05) is 12.2 Å². The third-order valence-electron chi connectivity index (χ3n) is 4.98. The summed E-state index contributed by atoms with van der Waals surface area (Å²) in [5.74, 6) is 0.787. The minimum atomic E-state index is 0.528. The van der Waals surface area contributed by atoms with E-state index in [1.807, 2.05) is 0 Å². The standard InChI is InChI=1S/C17H23N3/c1-2-9-19-16-14(12-18)10-13-11-17(6-3-4-7-17)8-5-15(13)20-16/h10H,2-9,11H2,1H3,(H,19,20). The molecule has 1 fully saturated rings. The molecule has 0 aliphatic heterocycles. The summed E-state index contributed by atoms with van der Waals surface area (Å²) in [6, 6.07) is 4.41. The molecule has 0 radical (unpaired) electrons. The van der Waals surface area contributed by atoms with Crippen LogP contribution in [0.1, 0.15) is 62.3 Å². The first-order valence-corrected chi connectivity index (χ1v) is 7.93. The van der Waals surface area contributed by atoms with E-state index in [9.17, 15) is 5.26 Å². The largest absolute Gasteiger partial charge is 0.369 e. The molecule has 0 unspecified atom stereocenters. The molecule has 1 heterocycles.